The predicted molar refractivity (Wildman–Crippen MR) is 92.8 cm³/mol. The number of amides is 3. The summed E-state index contributed by atoms with van der Waals surface area (Å²) in [5.41, 5.74) is 0. The van der Waals surface area contributed by atoms with E-state index in [0.717, 1.165) is 37.1 Å². The Morgan fingerprint density at radius 1 is 1.26 bits per heavy atom. The van der Waals surface area contributed by atoms with Crippen LogP contribution in [0.25, 0.3) is 0 Å². The normalized spacial score (nSPS) is 16.0. The molecule has 0 aromatic carbocycles. The summed E-state index contributed by atoms with van der Waals surface area (Å²) in [6, 6.07) is 3.48. The van der Waals surface area contributed by atoms with E-state index in [4.69, 9.17) is 11.6 Å². The van der Waals surface area contributed by atoms with Crippen LogP contribution in [-0.4, -0.2) is 61.0 Å². The molecule has 1 fully saturated rings. The Balaban J connectivity index is 1.67. The van der Waals surface area contributed by atoms with Gasteiger partial charge in [-0.05, 0) is 12.1 Å². The molecule has 2 rings (SSSR count). The summed E-state index contributed by atoms with van der Waals surface area (Å²) in [6.45, 7) is 8.36. The molecule has 0 atom stereocenters. The quantitative estimate of drug-likeness (QED) is 0.759. The second-order valence-electron chi connectivity index (χ2n) is 5.30. The van der Waals surface area contributed by atoms with Gasteiger partial charge in [-0.3, -0.25) is 19.9 Å². The van der Waals surface area contributed by atoms with Crippen LogP contribution >= 0.6 is 22.9 Å². The first-order valence-corrected chi connectivity index (χ1v) is 8.64. The number of urea groups is 1. The Hall–Kier alpha value is -1.41. The van der Waals surface area contributed by atoms with Crippen LogP contribution in [0, 0.1) is 0 Å². The van der Waals surface area contributed by atoms with Crippen LogP contribution in [-0.2, 0) is 11.3 Å². The molecule has 0 saturated carbocycles. The average Bonchev–Trinajstić information content (AvgIpc) is 2.92. The lowest BCUT2D eigenvalue weighted by Crippen LogP contribution is -2.50. The van der Waals surface area contributed by atoms with Gasteiger partial charge in [-0.15, -0.1) is 17.9 Å². The third-order valence-corrected chi connectivity index (χ3v) is 4.72. The molecule has 2 N–H and O–H groups in total. The Morgan fingerprint density at radius 3 is 2.57 bits per heavy atom. The van der Waals surface area contributed by atoms with E-state index in [9.17, 15) is 9.59 Å². The summed E-state index contributed by atoms with van der Waals surface area (Å²) in [5, 5.41) is 4.82. The van der Waals surface area contributed by atoms with Crippen molar-refractivity contribution in [3.8, 4) is 0 Å². The highest BCUT2D eigenvalue weighted by Crippen LogP contribution is 2.23. The fraction of sp³-hybridized carbons (Fsp3) is 0.467. The minimum Gasteiger partial charge on any atom is -0.334 e. The van der Waals surface area contributed by atoms with Gasteiger partial charge in [0.15, 0.2) is 0 Å². The molecule has 6 nitrogen and oxygen atoms in total. The maximum Gasteiger partial charge on any atom is 0.321 e. The minimum absolute atomic E-state index is 0.236. The van der Waals surface area contributed by atoms with Crippen LogP contribution in [0.2, 0.25) is 4.34 Å². The Kier molecular flexibility index (Phi) is 7.04. The van der Waals surface area contributed by atoms with Gasteiger partial charge in [0.25, 0.3) is 0 Å². The Bertz CT molecular complexity index is 555. The third-order valence-electron chi connectivity index (χ3n) is 3.50. The van der Waals surface area contributed by atoms with E-state index < -0.39 is 6.03 Å². The molecular formula is C15H21ClN4O2S. The van der Waals surface area contributed by atoms with Gasteiger partial charge in [-0.2, -0.15) is 0 Å². The maximum absolute atomic E-state index is 11.8. The van der Waals surface area contributed by atoms with Crippen molar-refractivity contribution in [1.82, 2.24) is 20.4 Å². The monoisotopic (exact) mass is 356 g/mol. The molecule has 126 valence electrons. The standard InChI is InChI=1S/C15H21ClN4O2S/c1-2-5-17-15(22)18-14(21)11-20-8-6-19(7-9-20)10-12-3-4-13(16)23-12/h2-4H,1,5-11H2,(H2,17,18,21,22). The highest BCUT2D eigenvalue weighted by Gasteiger charge is 2.20. The first kappa shape index (κ1) is 17.9. The molecule has 0 bridgehead atoms. The minimum atomic E-state index is -0.483. The van der Waals surface area contributed by atoms with Crippen molar-refractivity contribution in [3.63, 3.8) is 0 Å². The van der Waals surface area contributed by atoms with Gasteiger partial charge in [-0.1, -0.05) is 17.7 Å². The summed E-state index contributed by atoms with van der Waals surface area (Å²) in [7, 11) is 0. The van der Waals surface area contributed by atoms with Crippen LogP contribution in [0.5, 0.6) is 0 Å². The van der Waals surface area contributed by atoms with E-state index in [0.29, 0.717) is 6.54 Å². The van der Waals surface area contributed by atoms with Crippen LogP contribution < -0.4 is 10.6 Å². The van der Waals surface area contributed by atoms with Crippen molar-refractivity contribution in [2.24, 2.45) is 0 Å². The lowest BCUT2D eigenvalue weighted by Gasteiger charge is -2.33. The number of carbonyl (C=O) groups is 2. The summed E-state index contributed by atoms with van der Waals surface area (Å²) >= 11 is 7.54. The Morgan fingerprint density at radius 2 is 1.96 bits per heavy atom. The second kappa shape index (κ2) is 9.02. The zero-order valence-electron chi connectivity index (χ0n) is 12.9. The molecule has 0 unspecified atom stereocenters. The lowest BCUT2D eigenvalue weighted by molar-refractivity contribution is -0.121. The van der Waals surface area contributed by atoms with Crippen LogP contribution in [0.3, 0.4) is 0 Å². The maximum atomic E-state index is 11.8. The second-order valence-corrected chi connectivity index (χ2v) is 7.10. The van der Waals surface area contributed by atoms with Gasteiger partial charge in [-0.25, -0.2) is 4.79 Å². The molecule has 23 heavy (non-hydrogen) atoms. The lowest BCUT2D eigenvalue weighted by atomic mass is 10.3. The molecule has 1 aliphatic heterocycles. The number of thiophene rings is 1. The molecule has 0 spiro atoms. The van der Waals surface area contributed by atoms with Crippen LogP contribution in [0.15, 0.2) is 24.8 Å². The fourth-order valence-corrected chi connectivity index (χ4v) is 3.47. The molecule has 1 aliphatic rings. The number of piperazine rings is 1. The smallest absolute Gasteiger partial charge is 0.321 e. The van der Waals surface area contributed by atoms with Crippen molar-refractivity contribution in [2.45, 2.75) is 6.54 Å². The number of halogens is 1. The molecule has 2 heterocycles. The average molecular weight is 357 g/mol. The van der Waals surface area contributed by atoms with E-state index in [1.807, 2.05) is 11.0 Å². The molecule has 1 aromatic rings. The van der Waals surface area contributed by atoms with Crippen LogP contribution in [0.1, 0.15) is 4.88 Å². The summed E-state index contributed by atoms with van der Waals surface area (Å²) in [5.74, 6) is -0.287. The number of nitrogens with one attached hydrogen (secondary N) is 2. The van der Waals surface area contributed by atoms with Crippen molar-refractivity contribution in [1.29, 1.82) is 0 Å². The summed E-state index contributed by atoms with van der Waals surface area (Å²) < 4.78 is 0.810. The molecule has 0 radical (unpaired) electrons. The molecule has 8 heteroatoms. The Labute approximate surface area is 145 Å². The number of nitrogens with zero attached hydrogens (tertiary/aromatic N) is 2. The zero-order valence-corrected chi connectivity index (χ0v) is 14.5. The number of hydrogen-bond donors (Lipinski definition) is 2. The third kappa shape index (κ3) is 6.31. The van der Waals surface area contributed by atoms with Crippen LogP contribution in [0.4, 0.5) is 4.79 Å². The fourth-order valence-electron chi connectivity index (χ4n) is 2.34. The van der Waals surface area contributed by atoms with Gasteiger partial charge >= 0.3 is 6.03 Å². The number of rotatable bonds is 6. The van der Waals surface area contributed by atoms with Gasteiger partial charge in [0.05, 0.1) is 10.9 Å². The molecular weight excluding hydrogens is 336 g/mol. The van der Waals surface area contributed by atoms with E-state index in [-0.39, 0.29) is 12.5 Å². The van der Waals surface area contributed by atoms with Gasteiger partial charge in [0.2, 0.25) is 5.91 Å². The van der Waals surface area contributed by atoms with Gasteiger partial charge in [0, 0.05) is 44.1 Å². The van der Waals surface area contributed by atoms with Crippen molar-refractivity contribution in [3.05, 3.63) is 34.0 Å². The first-order chi connectivity index (χ1) is 11.1. The highest BCUT2D eigenvalue weighted by molar-refractivity contribution is 7.16. The van der Waals surface area contributed by atoms with Crippen molar-refractivity contribution in [2.75, 3.05) is 39.3 Å². The number of imide groups is 1. The predicted octanol–water partition coefficient (Wildman–Crippen LogP) is 1.53. The number of carbonyl (C=O) groups excluding carboxylic acids is 2. The summed E-state index contributed by atoms with van der Waals surface area (Å²) in [6.07, 6.45) is 1.56. The van der Waals surface area contributed by atoms with Gasteiger partial charge in [0.1, 0.15) is 0 Å². The highest BCUT2D eigenvalue weighted by atomic mass is 35.5. The molecule has 1 aromatic heterocycles. The van der Waals surface area contributed by atoms with Crippen molar-refractivity contribution < 1.29 is 9.59 Å². The topological polar surface area (TPSA) is 64.7 Å². The number of hydrogen-bond acceptors (Lipinski definition) is 5. The molecule has 0 aliphatic carbocycles. The van der Waals surface area contributed by atoms with E-state index in [2.05, 4.69) is 28.2 Å². The molecule has 3 amide bonds. The van der Waals surface area contributed by atoms with E-state index in [1.165, 1.54) is 4.88 Å². The zero-order chi connectivity index (χ0) is 16.7. The van der Waals surface area contributed by atoms with Crippen molar-refractivity contribution >= 4 is 34.9 Å². The largest absolute Gasteiger partial charge is 0.334 e. The van der Waals surface area contributed by atoms with E-state index >= 15 is 0 Å². The summed E-state index contributed by atoms with van der Waals surface area (Å²) in [4.78, 5) is 28.8. The van der Waals surface area contributed by atoms with Gasteiger partial charge < -0.3 is 5.32 Å². The SMILES string of the molecule is C=CCNC(=O)NC(=O)CN1CCN(Cc2ccc(Cl)s2)CC1. The first-order valence-electron chi connectivity index (χ1n) is 7.44. The van der Waals surface area contributed by atoms with E-state index in [1.54, 1.807) is 17.4 Å². The molecule has 1 saturated heterocycles.